The highest BCUT2D eigenvalue weighted by molar-refractivity contribution is 7.80. The summed E-state index contributed by atoms with van der Waals surface area (Å²) < 4.78 is 19.5. The van der Waals surface area contributed by atoms with E-state index < -0.39 is 0 Å². The molecule has 6 nitrogen and oxygen atoms in total. The van der Waals surface area contributed by atoms with Crippen LogP contribution < -0.4 is 10.7 Å². The van der Waals surface area contributed by atoms with Gasteiger partial charge in [-0.2, -0.15) is 10.2 Å². The summed E-state index contributed by atoms with van der Waals surface area (Å²) in [4.78, 5) is 0. The molecule has 0 saturated heterocycles. The number of hydrogen-bond donors (Lipinski definition) is 2. The highest BCUT2D eigenvalue weighted by Gasteiger charge is 2.12. The van der Waals surface area contributed by atoms with E-state index in [1.807, 2.05) is 6.92 Å². The van der Waals surface area contributed by atoms with E-state index in [9.17, 15) is 4.39 Å². The zero-order valence-electron chi connectivity index (χ0n) is 13.9. The SMILES string of the molecule is COCCNC(=S)NN=Cc1c(C)nn(Cc2ccc(F)cc2)c1Cl. The third-order valence-electron chi connectivity index (χ3n) is 3.31. The third-order valence-corrected chi connectivity index (χ3v) is 3.94. The zero-order valence-corrected chi connectivity index (χ0v) is 15.5. The number of halogens is 2. The standard InChI is InChI=1S/C16H19ClFN5OS/c1-11-14(9-20-21-16(25)19-7-8-24-2)15(17)23(22-11)10-12-3-5-13(18)6-4-12/h3-6,9H,7-8,10H2,1-2H3,(H2,19,21,25). The first kappa shape index (κ1) is 19.3. The second-order valence-electron chi connectivity index (χ2n) is 5.19. The Kier molecular flexibility index (Phi) is 7.30. The van der Waals surface area contributed by atoms with Crippen molar-refractivity contribution < 1.29 is 9.13 Å². The maximum Gasteiger partial charge on any atom is 0.187 e. The molecule has 0 aliphatic rings. The average molecular weight is 384 g/mol. The van der Waals surface area contributed by atoms with Gasteiger partial charge in [-0.15, -0.1) is 0 Å². The molecule has 2 N–H and O–H groups in total. The molecule has 0 aliphatic heterocycles. The number of methoxy groups -OCH3 is 1. The Bertz CT molecular complexity index is 748. The molecule has 134 valence electrons. The Hall–Kier alpha value is -2.03. The van der Waals surface area contributed by atoms with Gasteiger partial charge in [-0.05, 0) is 36.8 Å². The van der Waals surface area contributed by atoms with Crippen molar-refractivity contribution in [3.8, 4) is 0 Å². The van der Waals surface area contributed by atoms with Crippen molar-refractivity contribution in [1.82, 2.24) is 20.5 Å². The van der Waals surface area contributed by atoms with Gasteiger partial charge in [0.15, 0.2) is 5.11 Å². The summed E-state index contributed by atoms with van der Waals surface area (Å²) in [7, 11) is 1.62. The molecule has 1 aromatic carbocycles. The number of thiocarbonyl (C=S) groups is 1. The molecule has 0 bridgehead atoms. The predicted octanol–water partition coefficient (Wildman–Crippen LogP) is 2.48. The maximum absolute atomic E-state index is 13.0. The van der Waals surface area contributed by atoms with E-state index in [0.29, 0.717) is 35.5 Å². The minimum absolute atomic E-state index is 0.277. The molecular formula is C16H19ClFN5OS. The smallest absolute Gasteiger partial charge is 0.187 e. The van der Waals surface area contributed by atoms with Crippen LogP contribution in [0.25, 0.3) is 0 Å². The quantitative estimate of drug-likeness (QED) is 0.333. The van der Waals surface area contributed by atoms with Crippen molar-refractivity contribution in [3.05, 3.63) is 52.1 Å². The number of benzene rings is 1. The van der Waals surface area contributed by atoms with Crippen LogP contribution in [-0.4, -0.2) is 41.4 Å². The largest absolute Gasteiger partial charge is 0.383 e. The topological polar surface area (TPSA) is 63.5 Å². The van der Waals surface area contributed by atoms with Crippen LogP contribution in [0.5, 0.6) is 0 Å². The molecule has 0 amide bonds. The van der Waals surface area contributed by atoms with Gasteiger partial charge in [0.05, 0.1) is 30.6 Å². The second-order valence-corrected chi connectivity index (χ2v) is 5.96. The summed E-state index contributed by atoms with van der Waals surface area (Å²) in [6.45, 7) is 3.42. The molecule has 1 heterocycles. The molecular weight excluding hydrogens is 365 g/mol. The third kappa shape index (κ3) is 5.77. The summed E-state index contributed by atoms with van der Waals surface area (Å²) in [5.74, 6) is -0.277. The van der Waals surface area contributed by atoms with E-state index in [0.717, 1.165) is 11.3 Å². The van der Waals surface area contributed by atoms with Crippen LogP contribution in [0.4, 0.5) is 4.39 Å². The van der Waals surface area contributed by atoms with Crippen LogP contribution >= 0.6 is 23.8 Å². The van der Waals surface area contributed by atoms with E-state index in [-0.39, 0.29) is 5.82 Å². The van der Waals surface area contributed by atoms with E-state index >= 15 is 0 Å². The van der Waals surface area contributed by atoms with Crippen molar-refractivity contribution in [2.24, 2.45) is 5.10 Å². The van der Waals surface area contributed by atoms with Gasteiger partial charge in [0.1, 0.15) is 11.0 Å². The molecule has 0 unspecified atom stereocenters. The van der Waals surface area contributed by atoms with Crippen LogP contribution in [0.1, 0.15) is 16.8 Å². The van der Waals surface area contributed by atoms with Crippen LogP contribution in [0.2, 0.25) is 5.15 Å². The minimum atomic E-state index is -0.277. The Labute approximate surface area is 156 Å². The summed E-state index contributed by atoms with van der Waals surface area (Å²) >= 11 is 11.4. The molecule has 0 atom stereocenters. The van der Waals surface area contributed by atoms with Gasteiger partial charge in [0, 0.05) is 13.7 Å². The first-order valence-corrected chi connectivity index (χ1v) is 8.33. The lowest BCUT2D eigenvalue weighted by molar-refractivity contribution is 0.204. The molecule has 25 heavy (non-hydrogen) atoms. The van der Waals surface area contributed by atoms with Crippen LogP contribution in [-0.2, 0) is 11.3 Å². The lowest BCUT2D eigenvalue weighted by Gasteiger charge is -2.05. The first-order valence-electron chi connectivity index (χ1n) is 7.54. The van der Waals surface area contributed by atoms with Crippen molar-refractivity contribution in [2.45, 2.75) is 13.5 Å². The fraction of sp³-hybridized carbons (Fsp3) is 0.312. The summed E-state index contributed by atoms with van der Waals surface area (Å²) in [5, 5.41) is 12.2. The second kappa shape index (κ2) is 9.45. The molecule has 2 aromatic rings. The number of aryl methyl sites for hydroxylation is 1. The molecule has 2 rings (SSSR count). The van der Waals surface area contributed by atoms with E-state index in [4.69, 9.17) is 28.6 Å². The van der Waals surface area contributed by atoms with Gasteiger partial charge in [-0.1, -0.05) is 23.7 Å². The maximum atomic E-state index is 13.0. The molecule has 0 aliphatic carbocycles. The zero-order chi connectivity index (χ0) is 18.2. The minimum Gasteiger partial charge on any atom is -0.383 e. The van der Waals surface area contributed by atoms with Crippen molar-refractivity contribution >= 4 is 35.1 Å². The fourth-order valence-electron chi connectivity index (χ4n) is 2.04. The highest BCUT2D eigenvalue weighted by Crippen LogP contribution is 2.19. The van der Waals surface area contributed by atoms with Gasteiger partial charge >= 0.3 is 0 Å². The Balaban J connectivity index is 2.00. The van der Waals surface area contributed by atoms with Gasteiger partial charge in [0.2, 0.25) is 0 Å². The summed E-state index contributed by atoms with van der Waals surface area (Å²) in [6, 6.07) is 6.21. The Morgan fingerprint density at radius 2 is 2.16 bits per heavy atom. The van der Waals surface area contributed by atoms with E-state index in [1.165, 1.54) is 12.1 Å². The molecule has 0 saturated carbocycles. The fourth-order valence-corrected chi connectivity index (χ4v) is 2.48. The van der Waals surface area contributed by atoms with Gasteiger partial charge in [-0.25, -0.2) is 9.07 Å². The molecule has 0 radical (unpaired) electrons. The Morgan fingerprint density at radius 3 is 2.84 bits per heavy atom. The number of nitrogens with one attached hydrogen (secondary N) is 2. The van der Waals surface area contributed by atoms with E-state index in [1.54, 1.807) is 30.1 Å². The highest BCUT2D eigenvalue weighted by atomic mass is 35.5. The average Bonchev–Trinajstić information content (AvgIpc) is 2.84. The Morgan fingerprint density at radius 1 is 1.44 bits per heavy atom. The number of hydrazone groups is 1. The van der Waals surface area contributed by atoms with Crippen molar-refractivity contribution in [2.75, 3.05) is 20.3 Å². The number of ether oxygens (including phenoxy) is 1. The van der Waals surface area contributed by atoms with Crippen molar-refractivity contribution in [1.29, 1.82) is 0 Å². The number of hydrogen-bond acceptors (Lipinski definition) is 4. The monoisotopic (exact) mass is 383 g/mol. The molecule has 9 heteroatoms. The molecule has 1 aromatic heterocycles. The number of rotatable bonds is 7. The summed E-state index contributed by atoms with van der Waals surface area (Å²) in [6.07, 6.45) is 1.57. The normalized spacial score (nSPS) is 11.0. The van der Waals surface area contributed by atoms with Crippen molar-refractivity contribution in [3.63, 3.8) is 0 Å². The summed E-state index contributed by atoms with van der Waals surface area (Å²) in [5.41, 5.74) is 5.03. The lowest BCUT2D eigenvalue weighted by atomic mass is 10.2. The number of aromatic nitrogens is 2. The van der Waals surface area contributed by atoms with Crippen LogP contribution in [0, 0.1) is 12.7 Å². The predicted molar refractivity (Wildman–Crippen MR) is 101 cm³/mol. The number of nitrogens with zero attached hydrogens (tertiary/aromatic N) is 3. The van der Waals surface area contributed by atoms with Crippen LogP contribution in [0.3, 0.4) is 0 Å². The van der Waals surface area contributed by atoms with Gasteiger partial charge in [-0.3, -0.25) is 5.43 Å². The van der Waals surface area contributed by atoms with Crippen LogP contribution in [0.15, 0.2) is 29.4 Å². The molecule has 0 fully saturated rings. The van der Waals surface area contributed by atoms with E-state index in [2.05, 4.69) is 20.9 Å². The molecule has 0 spiro atoms. The first-order chi connectivity index (χ1) is 12.0. The van der Waals surface area contributed by atoms with Gasteiger partial charge < -0.3 is 10.1 Å². The lowest BCUT2D eigenvalue weighted by Crippen LogP contribution is -2.34. The van der Waals surface area contributed by atoms with Gasteiger partial charge in [0.25, 0.3) is 0 Å².